The van der Waals surface area contributed by atoms with Crippen LogP contribution < -0.4 is 16.0 Å². The van der Waals surface area contributed by atoms with Gasteiger partial charge in [-0.25, -0.2) is 0 Å². The van der Waals surface area contributed by atoms with Crippen LogP contribution in [0, 0.1) is 0 Å². The normalized spacial score (nSPS) is 10.3. The number of benzene rings is 2. The molecule has 0 unspecified atom stereocenters. The van der Waals surface area contributed by atoms with Crippen LogP contribution in [-0.4, -0.2) is 34.8 Å². The van der Waals surface area contributed by atoms with Gasteiger partial charge in [-0.05, 0) is 30.3 Å². The molecule has 2 aromatic carbocycles. The van der Waals surface area contributed by atoms with Crippen molar-refractivity contribution in [2.75, 3.05) is 23.4 Å². The molecule has 0 saturated heterocycles. The Balaban J connectivity index is 1.52. The standard InChI is InChI=1S/C18H17N5O2S2/c1-19-16(25)12-6-5-9-14(10-12)20-15(24)11-26-18-23-22-17(27-18)21-13-7-3-2-4-8-13/h2-10H,11H2,1H3,(H,19,25)(H,20,24)(H,21,22). The Labute approximate surface area is 164 Å². The number of nitrogens with zero attached hydrogens (tertiary/aromatic N) is 2. The first-order chi connectivity index (χ1) is 13.1. The zero-order valence-corrected chi connectivity index (χ0v) is 16.1. The number of anilines is 3. The Morgan fingerprint density at radius 1 is 1.04 bits per heavy atom. The third kappa shape index (κ3) is 5.53. The Hall–Kier alpha value is -2.91. The maximum Gasteiger partial charge on any atom is 0.251 e. The number of aromatic nitrogens is 2. The molecule has 0 aliphatic heterocycles. The summed E-state index contributed by atoms with van der Waals surface area (Å²) in [4.78, 5) is 23.8. The van der Waals surface area contributed by atoms with Gasteiger partial charge in [0.05, 0.1) is 5.75 Å². The summed E-state index contributed by atoms with van der Waals surface area (Å²) in [6.45, 7) is 0. The summed E-state index contributed by atoms with van der Waals surface area (Å²) in [5.41, 5.74) is 1.99. The molecule has 2 amide bonds. The second kappa shape index (κ2) is 9.15. The van der Waals surface area contributed by atoms with E-state index in [0.717, 1.165) is 5.69 Å². The lowest BCUT2D eigenvalue weighted by atomic mass is 10.2. The SMILES string of the molecule is CNC(=O)c1cccc(NC(=O)CSc2nnc(Nc3ccccc3)s2)c1. The highest BCUT2D eigenvalue weighted by molar-refractivity contribution is 8.01. The molecule has 1 aromatic heterocycles. The fraction of sp³-hybridized carbons (Fsp3) is 0.111. The van der Waals surface area contributed by atoms with Gasteiger partial charge in [-0.3, -0.25) is 9.59 Å². The third-order valence-corrected chi connectivity index (χ3v) is 5.37. The first kappa shape index (κ1) is 18.9. The van der Waals surface area contributed by atoms with Crippen LogP contribution in [0.1, 0.15) is 10.4 Å². The summed E-state index contributed by atoms with van der Waals surface area (Å²) in [6.07, 6.45) is 0. The number of nitrogens with one attached hydrogen (secondary N) is 3. The number of carbonyl (C=O) groups excluding carboxylic acids is 2. The van der Waals surface area contributed by atoms with Crippen molar-refractivity contribution in [2.24, 2.45) is 0 Å². The minimum Gasteiger partial charge on any atom is -0.355 e. The maximum absolute atomic E-state index is 12.1. The molecule has 27 heavy (non-hydrogen) atoms. The Morgan fingerprint density at radius 2 is 1.81 bits per heavy atom. The summed E-state index contributed by atoms with van der Waals surface area (Å²) < 4.78 is 0.697. The largest absolute Gasteiger partial charge is 0.355 e. The zero-order valence-electron chi connectivity index (χ0n) is 14.4. The van der Waals surface area contributed by atoms with Crippen LogP contribution in [0.2, 0.25) is 0 Å². The minimum atomic E-state index is -0.201. The van der Waals surface area contributed by atoms with Crippen LogP contribution in [0.4, 0.5) is 16.5 Å². The van der Waals surface area contributed by atoms with Crippen molar-refractivity contribution in [3.63, 3.8) is 0 Å². The van der Waals surface area contributed by atoms with Crippen molar-refractivity contribution in [3.05, 3.63) is 60.2 Å². The van der Waals surface area contributed by atoms with Gasteiger partial charge in [-0.15, -0.1) is 10.2 Å². The zero-order chi connectivity index (χ0) is 19.1. The lowest BCUT2D eigenvalue weighted by Crippen LogP contribution is -2.18. The highest BCUT2D eigenvalue weighted by Crippen LogP contribution is 2.27. The molecule has 0 aliphatic carbocycles. The second-order valence-corrected chi connectivity index (χ2v) is 7.56. The van der Waals surface area contributed by atoms with E-state index >= 15 is 0 Å². The lowest BCUT2D eigenvalue weighted by Gasteiger charge is -2.06. The van der Waals surface area contributed by atoms with Crippen molar-refractivity contribution in [3.8, 4) is 0 Å². The Morgan fingerprint density at radius 3 is 2.59 bits per heavy atom. The molecule has 0 aliphatic rings. The molecule has 3 aromatic rings. The molecule has 0 radical (unpaired) electrons. The molecule has 3 N–H and O–H groups in total. The van der Waals surface area contributed by atoms with E-state index in [4.69, 9.17) is 0 Å². The number of hydrogen-bond acceptors (Lipinski definition) is 7. The van der Waals surface area contributed by atoms with Crippen LogP contribution in [0.3, 0.4) is 0 Å². The molecular formula is C18H17N5O2S2. The monoisotopic (exact) mass is 399 g/mol. The molecule has 7 nitrogen and oxygen atoms in total. The van der Waals surface area contributed by atoms with Gasteiger partial charge in [-0.1, -0.05) is 47.4 Å². The van der Waals surface area contributed by atoms with E-state index in [9.17, 15) is 9.59 Å². The van der Waals surface area contributed by atoms with Gasteiger partial charge in [0.2, 0.25) is 11.0 Å². The number of rotatable bonds is 7. The fourth-order valence-electron chi connectivity index (χ4n) is 2.17. The van der Waals surface area contributed by atoms with Crippen molar-refractivity contribution < 1.29 is 9.59 Å². The van der Waals surface area contributed by atoms with Gasteiger partial charge in [-0.2, -0.15) is 0 Å². The molecule has 0 bridgehead atoms. The second-order valence-electron chi connectivity index (χ2n) is 5.36. The highest BCUT2D eigenvalue weighted by Gasteiger charge is 2.10. The van der Waals surface area contributed by atoms with Gasteiger partial charge >= 0.3 is 0 Å². The van der Waals surface area contributed by atoms with Gasteiger partial charge in [0.25, 0.3) is 5.91 Å². The summed E-state index contributed by atoms with van der Waals surface area (Å²) in [5, 5.41) is 17.3. The number of para-hydroxylation sites is 1. The molecule has 9 heteroatoms. The number of thioether (sulfide) groups is 1. The van der Waals surface area contributed by atoms with Crippen molar-refractivity contribution in [1.82, 2.24) is 15.5 Å². The molecule has 1 heterocycles. The van der Waals surface area contributed by atoms with Crippen molar-refractivity contribution in [1.29, 1.82) is 0 Å². The number of carbonyl (C=O) groups is 2. The summed E-state index contributed by atoms with van der Waals surface area (Å²) in [6, 6.07) is 16.5. The molecule has 0 fully saturated rings. The maximum atomic E-state index is 12.1. The summed E-state index contributed by atoms with van der Waals surface area (Å²) in [5.74, 6) is -0.181. The van der Waals surface area contributed by atoms with Crippen molar-refractivity contribution in [2.45, 2.75) is 4.34 Å². The molecular weight excluding hydrogens is 382 g/mol. The first-order valence-corrected chi connectivity index (χ1v) is 9.84. The van der Waals surface area contributed by atoms with E-state index in [0.29, 0.717) is 20.7 Å². The summed E-state index contributed by atoms with van der Waals surface area (Å²) in [7, 11) is 1.56. The van der Waals surface area contributed by atoms with Crippen LogP contribution in [-0.2, 0) is 4.79 Å². The molecule has 0 atom stereocenters. The van der Waals surface area contributed by atoms with Crippen LogP contribution in [0.15, 0.2) is 58.9 Å². The van der Waals surface area contributed by atoms with Crippen LogP contribution in [0.25, 0.3) is 0 Å². The fourth-order valence-corrected chi connectivity index (χ4v) is 3.74. The van der Waals surface area contributed by atoms with E-state index in [1.807, 2.05) is 30.3 Å². The van der Waals surface area contributed by atoms with Crippen molar-refractivity contribution >= 4 is 51.4 Å². The third-order valence-electron chi connectivity index (χ3n) is 3.39. The first-order valence-electron chi connectivity index (χ1n) is 8.04. The Bertz CT molecular complexity index is 930. The van der Waals surface area contributed by atoms with Gasteiger partial charge < -0.3 is 16.0 Å². The smallest absolute Gasteiger partial charge is 0.251 e. The van der Waals surface area contributed by atoms with Gasteiger partial charge in [0, 0.05) is 24.0 Å². The predicted molar refractivity (Wildman–Crippen MR) is 109 cm³/mol. The topological polar surface area (TPSA) is 96.0 Å². The minimum absolute atomic E-state index is 0.179. The highest BCUT2D eigenvalue weighted by atomic mass is 32.2. The van der Waals surface area contributed by atoms with Crippen LogP contribution >= 0.6 is 23.1 Å². The van der Waals surface area contributed by atoms with E-state index in [-0.39, 0.29) is 17.6 Å². The molecule has 0 saturated carbocycles. The lowest BCUT2D eigenvalue weighted by molar-refractivity contribution is -0.113. The van der Waals surface area contributed by atoms with Gasteiger partial charge in [0.1, 0.15) is 0 Å². The van der Waals surface area contributed by atoms with Crippen LogP contribution in [0.5, 0.6) is 0 Å². The molecule has 3 rings (SSSR count). The molecule has 138 valence electrons. The Kier molecular flexibility index (Phi) is 6.39. The molecule has 0 spiro atoms. The quantitative estimate of drug-likeness (QED) is 0.527. The van der Waals surface area contributed by atoms with Gasteiger partial charge in [0.15, 0.2) is 4.34 Å². The van der Waals surface area contributed by atoms with E-state index in [1.54, 1.807) is 31.3 Å². The average molecular weight is 400 g/mol. The number of amides is 2. The average Bonchev–Trinajstić information content (AvgIpc) is 3.14. The predicted octanol–water partition coefficient (Wildman–Crippen LogP) is 3.37. The van der Waals surface area contributed by atoms with E-state index < -0.39 is 0 Å². The summed E-state index contributed by atoms with van der Waals surface area (Å²) >= 11 is 2.69. The van der Waals surface area contributed by atoms with E-state index in [1.165, 1.54) is 23.1 Å². The number of hydrogen-bond donors (Lipinski definition) is 3. The van der Waals surface area contributed by atoms with E-state index in [2.05, 4.69) is 26.1 Å².